The molecule has 0 atom stereocenters. The van der Waals surface area contributed by atoms with Gasteiger partial charge in [0.25, 0.3) is 11.1 Å². The molecule has 1 aliphatic heterocycles. The number of hydrogen-bond donors (Lipinski definition) is 0. The van der Waals surface area contributed by atoms with Gasteiger partial charge >= 0.3 is 5.97 Å². The molecule has 3 aromatic rings. The lowest BCUT2D eigenvalue weighted by Crippen LogP contribution is -2.27. The third kappa shape index (κ3) is 5.60. The van der Waals surface area contributed by atoms with E-state index < -0.39 is 11.9 Å². The minimum atomic E-state index is -0.473. The summed E-state index contributed by atoms with van der Waals surface area (Å²) in [7, 11) is 0. The minimum Gasteiger partial charge on any atom is -0.423 e. The Kier molecular flexibility index (Phi) is 7.43. The van der Waals surface area contributed by atoms with E-state index in [0.717, 1.165) is 20.2 Å². The van der Waals surface area contributed by atoms with Crippen LogP contribution in [0.4, 0.5) is 4.79 Å². The van der Waals surface area contributed by atoms with Crippen LogP contribution in [0, 0.1) is 3.57 Å². The summed E-state index contributed by atoms with van der Waals surface area (Å²) < 4.78 is 6.27. The third-order valence-corrected chi connectivity index (χ3v) is 7.25. The number of esters is 1. The average Bonchev–Trinajstić information content (AvgIpc) is 3.04. The van der Waals surface area contributed by atoms with Crippen molar-refractivity contribution in [1.29, 1.82) is 0 Å². The summed E-state index contributed by atoms with van der Waals surface area (Å²) >= 11 is 14.9. The molecule has 1 heterocycles. The molecule has 3 aromatic carbocycles. The number of thioether (sulfide) groups is 1. The second-order valence-electron chi connectivity index (χ2n) is 6.96. The fourth-order valence-electron chi connectivity index (χ4n) is 3.06. The Balaban J connectivity index is 1.50. The first-order valence-corrected chi connectivity index (χ1v) is 12.2. The molecule has 5 nitrogen and oxygen atoms in total. The SMILES string of the molecule is O=C(Oc1cccc(/C=C2\SC(=O)N(Cc3ccc(Cl)c(Cl)c3)C2=O)c1)c1ccccc1I. The van der Waals surface area contributed by atoms with Crippen molar-refractivity contribution < 1.29 is 19.1 Å². The second kappa shape index (κ2) is 10.3. The monoisotopic (exact) mass is 609 g/mol. The highest BCUT2D eigenvalue weighted by Gasteiger charge is 2.35. The maximum Gasteiger partial charge on any atom is 0.344 e. The Morgan fingerprint density at radius 2 is 1.79 bits per heavy atom. The fraction of sp³-hybridized carbons (Fsp3) is 0.0417. The molecule has 4 rings (SSSR count). The summed E-state index contributed by atoms with van der Waals surface area (Å²) in [5.41, 5.74) is 1.78. The number of hydrogen-bond acceptors (Lipinski definition) is 5. The number of amides is 2. The summed E-state index contributed by atoms with van der Waals surface area (Å²) in [5, 5.41) is 0.379. The van der Waals surface area contributed by atoms with Gasteiger partial charge in [0.1, 0.15) is 5.75 Å². The number of carbonyl (C=O) groups excluding carboxylic acids is 3. The van der Waals surface area contributed by atoms with Gasteiger partial charge in [-0.25, -0.2) is 4.79 Å². The average molecular weight is 610 g/mol. The van der Waals surface area contributed by atoms with Crippen LogP contribution in [0.2, 0.25) is 10.0 Å². The Morgan fingerprint density at radius 3 is 2.55 bits per heavy atom. The van der Waals surface area contributed by atoms with Crippen molar-refractivity contribution in [2.45, 2.75) is 6.54 Å². The Labute approximate surface area is 217 Å². The van der Waals surface area contributed by atoms with E-state index in [4.69, 9.17) is 27.9 Å². The molecule has 166 valence electrons. The molecular formula is C24H14Cl2INO4S. The van der Waals surface area contributed by atoms with Crippen molar-refractivity contribution in [3.8, 4) is 5.75 Å². The Hall–Kier alpha value is -2.33. The lowest BCUT2D eigenvalue weighted by Gasteiger charge is -2.13. The van der Waals surface area contributed by atoms with Crippen molar-refractivity contribution in [2.24, 2.45) is 0 Å². The lowest BCUT2D eigenvalue weighted by atomic mass is 10.2. The number of ether oxygens (including phenoxy) is 1. The fourth-order valence-corrected chi connectivity index (χ4v) is 4.83. The van der Waals surface area contributed by atoms with Crippen LogP contribution < -0.4 is 4.74 Å². The summed E-state index contributed by atoms with van der Waals surface area (Å²) in [6.45, 7) is 0.0895. The maximum atomic E-state index is 12.8. The quantitative estimate of drug-likeness (QED) is 0.134. The van der Waals surface area contributed by atoms with Crippen LogP contribution in [0.25, 0.3) is 6.08 Å². The highest BCUT2D eigenvalue weighted by molar-refractivity contribution is 14.1. The van der Waals surface area contributed by atoms with E-state index >= 15 is 0 Å². The zero-order chi connectivity index (χ0) is 23.5. The van der Waals surface area contributed by atoms with Crippen molar-refractivity contribution >= 4 is 80.7 Å². The van der Waals surface area contributed by atoms with Gasteiger partial charge in [0.2, 0.25) is 0 Å². The maximum absolute atomic E-state index is 12.8. The van der Waals surface area contributed by atoms with Gasteiger partial charge in [-0.1, -0.05) is 53.5 Å². The molecule has 0 aliphatic carbocycles. The van der Waals surface area contributed by atoms with E-state index in [9.17, 15) is 14.4 Å². The van der Waals surface area contributed by atoms with Crippen LogP contribution >= 0.6 is 57.6 Å². The van der Waals surface area contributed by atoms with Gasteiger partial charge in [-0.15, -0.1) is 0 Å². The van der Waals surface area contributed by atoms with Crippen molar-refractivity contribution in [1.82, 2.24) is 4.90 Å². The van der Waals surface area contributed by atoms with E-state index in [1.165, 1.54) is 0 Å². The normalized spacial score (nSPS) is 14.8. The van der Waals surface area contributed by atoms with Crippen LogP contribution in [0.15, 0.2) is 71.6 Å². The molecule has 0 unspecified atom stereocenters. The Bertz CT molecular complexity index is 1310. The zero-order valence-electron chi connectivity index (χ0n) is 16.8. The van der Waals surface area contributed by atoms with E-state index in [2.05, 4.69) is 22.6 Å². The largest absolute Gasteiger partial charge is 0.423 e. The number of carbonyl (C=O) groups is 3. The van der Waals surface area contributed by atoms with Gasteiger partial charge in [0.05, 0.1) is 27.1 Å². The van der Waals surface area contributed by atoms with Gasteiger partial charge in [0.15, 0.2) is 0 Å². The number of halogens is 3. The Morgan fingerprint density at radius 1 is 1.00 bits per heavy atom. The number of imide groups is 1. The van der Waals surface area contributed by atoms with Crippen LogP contribution in [0.3, 0.4) is 0 Å². The summed E-state index contributed by atoms with van der Waals surface area (Å²) in [6.07, 6.45) is 1.60. The van der Waals surface area contributed by atoms with E-state index in [-0.39, 0.29) is 16.7 Å². The van der Waals surface area contributed by atoms with E-state index in [1.807, 2.05) is 12.1 Å². The minimum absolute atomic E-state index is 0.0895. The van der Waals surface area contributed by atoms with Crippen LogP contribution in [0.5, 0.6) is 5.75 Å². The van der Waals surface area contributed by atoms with Crippen molar-refractivity contribution in [3.63, 3.8) is 0 Å². The molecule has 33 heavy (non-hydrogen) atoms. The topological polar surface area (TPSA) is 63.7 Å². The van der Waals surface area contributed by atoms with E-state index in [0.29, 0.717) is 32.5 Å². The number of nitrogens with zero attached hydrogens (tertiary/aromatic N) is 1. The second-order valence-corrected chi connectivity index (χ2v) is 9.93. The smallest absolute Gasteiger partial charge is 0.344 e. The zero-order valence-corrected chi connectivity index (χ0v) is 21.2. The number of benzene rings is 3. The van der Waals surface area contributed by atoms with Crippen LogP contribution in [-0.4, -0.2) is 22.0 Å². The molecule has 0 saturated carbocycles. The predicted octanol–water partition coefficient (Wildman–Crippen LogP) is 7.05. The van der Waals surface area contributed by atoms with Crippen molar-refractivity contribution in [2.75, 3.05) is 0 Å². The third-order valence-electron chi connectivity index (χ3n) is 4.66. The molecule has 9 heteroatoms. The lowest BCUT2D eigenvalue weighted by molar-refractivity contribution is -0.123. The first-order chi connectivity index (χ1) is 15.8. The predicted molar refractivity (Wildman–Crippen MR) is 139 cm³/mol. The molecule has 0 N–H and O–H groups in total. The molecule has 1 saturated heterocycles. The van der Waals surface area contributed by atoms with Gasteiger partial charge < -0.3 is 4.74 Å². The highest BCUT2D eigenvalue weighted by atomic mass is 127. The van der Waals surface area contributed by atoms with Gasteiger partial charge in [-0.3, -0.25) is 14.5 Å². The van der Waals surface area contributed by atoms with Crippen molar-refractivity contribution in [3.05, 3.63) is 102 Å². The highest BCUT2D eigenvalue weighted by Crippen LogP contribution is 2.34. The molecule has 1 aliphatic rings. The molecule has 0 bridgehead atoms. The summed E-state index contributed by atoms with van der Waals surface area (Å²) in [6, 6.07) is 18.9. The summed E-state index contributed by atoms with van der Waals surface area (Å²) in [5.74, 6) is -0.542. The summed E-state index contributed by atoms with van der Waals surface area (Å²) in [4.78, 5) is 39.2. The first-order valence-electron chi connectivity index (χ1n) is 9.58. The molecule has 2 amide bonds. The number of rotatable bonds is 5. The first kappa shape index (κ1) is 23.8. The molecule has 0 radical (unpaired) electrons. The molecule has 0 spiro atoms. The standard InChI is InChI=1S/C24H14Cl2INO4S/c25-18-9-8-15(11-19(18)26)13-28-22(29)21(33-24(28)31)12-14-4-3-5-16(10-14)32-23(30)17-6-1-2-7-20(17)27/h1-12H,13H2/b21-12-. The molecule has 1 fully saturated rings. The van der Waals surface area contributed by atoms with Crippen LogP contribution in [-0.2, 0) is 11.3 Å². The molecule has 0 aromatic heterocycles. The van der Waals surface area contributed by atoms with E-state index in [1.54, 1.807) is 60.7 Å². The van der Waals surface area contributed by atoms with Gasteiger partial charge in [-0.2, -0.15) is 0 Å². The molecular weight excluding hydrogens is 596 g/mol. The van der Waals surface area contributed by atoms with Gasteiger partial charge in [0, 0.05) is 3.57 Å². The van der Waals surface area contributed by atoms with Gasteiger partial charge in [-0.05, 0) is 88.0 Å². The van der Waals surface area contributed by atoms with Crippen LogP contribution in [0.1, 0.15) is 21.5 Å².